The van der Waals surface area contributed by atoms with Crippen LogP contribution >= 0.6 is 24.0 Å². The molecular formula is C17H28IN3O3S. The van der Waals surface area contributed by atoms with Crippen molar-refractivity contribution in [3.8, 4) is 5.75 Å². The third-order valence-electron chi connectivity index (χ3n) is 4.20. The molecule has 0 amide bonds. The zero-order chi connectivity index (χ0) is 17.6. The fraction of sp³-hybridized carbons (Fsp3) is 0.588. The standard InChI is InChI=1S/C17H27N3O3S.HI/c1-14-8-11-20(12-9-14)17(18-2)19-10-13-23-15-4-6-16(7-5-15)24(3,21)22;/h4-7,14H,8-13H2,1-3H3,(H,18,19);1H. The average Bonchev–Trinajstić information content (AvgIpc) is 2.56. The van der Waals surface area contributed by atoms with Gasteiger partial charge in [-0.25, -0.2) is 8.42 Å². The summed E-state index contributed by atoms with van der Waals surface area (Å²) in [7, 11) is -1.37. The molecule has 1 fully saturated rings. The molecule has 1 saturated heterocycles. The largest absolute Gasteiger partial charge is 0.492 e. The van der Waals surface area contributed by atoms with Gasteiger partial charge >= 0.3 is 0 Å². The number of aliphatic imine (C=N–C) groups is 1. The summed E-state index contributed by atoms with van der Waals surface area (Å²) >= 11 is 0. The van der Waals surface area contributed by atoms with Crippen molar-refractivity contribution in [3.63, 3.8) is 0 Å². The molecule has 0 saturated carbocycles. The molecule has 2 rings (SSSR count). The van der Waals surface area contributed by atoms with Gasteiger partial charge in [0.25, 0.3) is 0 Å². The van der Waals surface area contributed by atoms with Crippen LogP contribution in [0.3, 0.4) is 0 Å². The Balaban J connectivity index is 0.00000312. The number of benzene rings is 1. The minimum absolute atomic E-state index is 0. The predicted molar refractivity (Wildman–Crippen MR) is 112 cm³/mol. The molecule has 142 valence electrons. The van der Waals surface area contributed by atoms with Crippen LogP contribution in [-0.4, -0.2) is 58.8 Å². The van der Waals surface area contributed by atoms with E-state index in [0.29, 0.717) is 23.8 Å². The highest BCUT2D eigenvalue weighted by atomic mass is 127. The van der Waals surface area contributed by atoms with E-state index >= 15 is 0 Å². The number of hydrogen-bond acceptors (Lipinski definition) is 4. The summed E-state index contributed by atoms with van der Waals surface area (Å²) < 4.78 is 28.5. The van der Waals surface area contributed by atoms with E-state index in [2.05, 4.69) is 22.1 Å². The van der Waals surface area contributed by atoms with Crippen LogP contribution in [0.2, 0.25) is 0 Å². The minimum atomic E-state index is -3.16. The molecule has 0 aliphatic carbocycles. The highest BCUT2D eigenvalue weighted by molar-refractivity contribution is 14.0. The van der Waals surface area contributed by atoms with Gasteiger partial charge in [-0.2, -0.15) is 0 Å². The molecule has 1 N–H and O–H groups in total. The zero-order valence-corrected chi connectivity index (χ0v) is 18.2. The Morgan fingerprint density at radius 1 is 1.28 bits per heavy atom. The summed E-state index contributed by atoms with van der Waals surface area (Å²) in [6.07, 6.45) is 3.59. The Kier molecular flexibility index (Phi) is 8.98. The first-order chi connectivity index (χ1) is 11.4. The highest BCUT2D eigenvalue weighted by Crippen LogP contribution is 2.16. The first-order valence-electron chi connectivity index (χ1n) is 8.28. The fourth-order valence-electron chi connectivity index (χ4n) is 2.67. The van der Waals surface area contributed by atoms with Crippen LogP contribution in [0.1, 0.15) is 19.8 Å². The average molecular weight is 481 g/mol. The molecule has 0 atom stereocenters. The Hall–Kier alpha value is -1.03. The minimum Gasteiger partial charge on any atom is -0.492 e. The SMILES string of the molecule is CN=C(NCCOc1ccc(S(C)(=O)=O)cc1)N1CCC(C)CC1.I. The lowest BCUT2D eigenvalue weighted by Gasteiger charge is -2.32. The number of guanidine groups is 1. The molecular weight excluding hydrogens is 453 g/mol. The summed E-state index contributed by atoms with van der Waals surface area (Å²) in [5.41, 5.74) is 0. The van der Waals surface area contributed by atoms with Crippen molar-refractivity contribution in [3.05, 3.63) is 24.3 Å². The third kappa shape index (κ3) is 7.01. The maximum Gasteiger partial charge on any atom is 0.193 e. The lowest BCUT2D eigenvalue weighted by atomic mass is 10.00. The van der Waals surface area contributed by atoms with E-state index in [1.54, 1.807) is 31.3 Å². The highest BCUT2D eigenvalue weighted by Gasteiger charge is 2.18. The molecule has 0 radical (unpaired) electrons. The van der Waals surface area contributed by atoms with Gasteiger partial charge in [0.2, 0.25) is 0 Å². The van der Waals surface area contributed by atoms with Crippen LogP contribution in [0.4, 0.5) is 0 Å². The van der Waals surface area contributed by atoms with Crippen molar-refractivity contribution in [1.82, 2.24) is 10.2 Å². The number of halogens is 1. The second-order valence-electron chi connectivity index (χ2n) is 6.24. The lowest BCUT2D eigenvalue weighted by molar-refractivity contribution is 0.269. The summed E-state index contributed by atoms with van der Waals surface area (Å²) in [6.45, 7) is 5.49. The molecule has 1 aliphatic heterocycles. The van der Waals surface area contributed by atoms with Gasteiger partial charge < -0.3 is 15.0 Å². The molecule has 1 aromatic carbocycles. The number of nitrogens with zero attached hydrogens (tertiary/aromatic N) is 2. The van der Waals surface area contributed by atoms with Gasteiger partial charge in [0.15, 0.2) is 15.8 Å². The van der Waals surface area contributed by atoms with Gasteiger partial charge in [0.1, 0.15) is 12.4 Å². The van der Waals surface area contributed by atoms with Crippen molar-refractivity contribution < 1.29 is 13.2 Å². The van der Waals surface area contributed by atoms with Crippen molar-refractivity contribution in [1.29, 1.82) is 0 Å². The Morgan fingerprint density at radius 3 is 2.40 bits per heavy atom. The Bertz CT molecular complexity index is 654. The number of nitrogens with one attached hydrogen (secondary N) is 1. The number of likely N-dealkylation sites (tertiary alicyclic amines) is 1. The molecule has 0 spiro atoms. The smallest absolute Gasteiger partial charge is 0.193 e. The molecule has 1 aromatic rings. The molecule has 8 heteroatoms. The quantitative estimate of drug-likeness (QED) is 0.303. The van der Waals surface area contributed by atoms with E-state index in [-0.39, 0.29) is 24.0 Å². The van der Waals surface area contributed by atoms with Gasteiger partial charge in [-0.05, 0) is 43.0 Å². The maximum absolute atomic E-state index is 11.4. The van der Waals surface area contributed by atoms with Crippen molar-refractivity contribution in [2.45, 2.75) is 24.7 Å². The Labute approximate surface area is 168 Å². The molecule has 0 aromatic heterocycles. The van der Waals surface area contributed by atoms with Gasteiger partial charge in [-0.3, -0.25) is 4.99 Å². The number of hydrogen-bond donors (Lipinski definition) is 1. The summed E-state index contributed by atoms with van der Waals surface area (Å²) in [6, 6.07) is 6.48. The normalized spacial score (nSPS) is 16.3. The summed E-state index contributed by atoms with van der Waals surface area (Å²) in [4.78, 5) is 6.91. The van der Waals surface area contributed by atoms with Crippen LogP contribution in [-0.2, 0) is 9.84 Å². The molecule has 0 bridgehead atoms. The van der Waals surface area contributed by atoms with Gasteiger partial charge in [0.05, 0.1) is 11.4 Å². The van der Waals surface area contributed by atoms with Crippen LogP contribution < -0.4 is 10.1 Å². The fourth-order valence-corrected chi connectivity index (χ4v) is 3.30. The second-order valence-corrected chi connectivity index (χ2v) is 8.25. The number of ether oxygens (including phenoxy) is 1. The summed E-state index contributed by atoms with van der Waals surface area (Å²) in [5.74, 6) is 2.36. The molecule has 6 nitrogen and oxygen atoms in total. The van der Waals surface area contributed by atoms with E-state index in [4.69, 9.17) is 4.74 Å². The predicted octanol–water partition coefficient (Wildman–Crippen LogP) is 2.39. The number of rotatable bonds is 5. The number of sulfone groups is 1. The lowest BCUT2D eigenvalue weighted by Crippen LogP contribution is -2.46. The topological polar surface area (TPSA) is 71.0 Å². The van der Waals surface area contributed by atoms with Gasteiger partial charge in [0, 0.05) is 26.4 Å². The second kappa shape index (κ2) is 10.2. The maximum atomic E-state index is 11.4. The van der Waals surface area contributed by atoms with E-state index in [1.807, 2.05) is 0 Å². The van der Waals surface area contributed by atoms with E-state index in [9.17, 15) is 8.42 Å². The monoisotopic (exact) mass is 481 g/mol. The first-order valence-corrected chi connectivity index (χ1v) is 10.2. The van der Waals surface area contributed by atoms with Crippen LogP contribution in [0.25, 0.3) is 0 Å². The van der Waals surface area contributed by atoms with Crippen molar-refractivity contribution in [2.75, 3.05) is 39.5 Å². The van der Waals surface area contributed by atoms with Crippen LogP contribution in [0.5, 0.6) is 5.75 Å². The molecule has 1 aliphatic rings. The van der Waals surface area contributed by atoms with Gasteiger partial charge in [-0.15, -0.1) is 24.0 Å². The zero-order valence-electron chi connectivity index (χ0n) is 15.1. The molecule has 0 unspecified atom stereocenters. The van der Waals surface area contributed by atoms with Crippen molar-refractivity contribution in [2.24, 2.45) is 10.9 Å². The van der Waals surface area contributed by atoms with Gasteiger partial charge in [-0.1, -0.05) is 6.92 Å². The van der Waals surface area contributed by atoms with Crippen molar-refractivity contribution >= 4 is 39.8 Å². The van der Waals surface area contributed by atoms with Crippen LogP contribution in [0, 0.1) is 5.92 Å². The molecule has 1 heterocycles. The van der Waals surface area contributed by atoms with E-state index in [0.717, 1.165) is 25.0 Å². The van der Waals surface area contributed by atoms with Crippen LogP contribution in [0.15, 0.2) is 34.2 Å². The summed E-state index contributed by atoms with van der Waals surface area (Å²) in [5, 5.41) is 3.31. The first kappa shape index (κ1) is 22.0. The third-order valence-corrected chi connectivity index (χ3v) is 5.33. The number of piperidine rings is 1. The van der Waals surface area contributed by atoms with E-state index < -0.39 is 9.84 Å². The molecule has 25 heavy (non-hydrogen) atoms. The Morgan fingerprint density at radius 2 is 1.88 bits per heavy atom. The van der Waals surface area contributed by atoms with E-state index in [1.165, 1.54) is 19.1 Å².